The summed E-state index contributed by atoms with van der Waals surface area (Å²) in [5.41, 5.74) is 5.12. The van der Waals surface area contributed by atoms with Crippen LogP contribution in [-0.2, 0) is 0 Å². The van der Waals surface area contributed by atoms with Crippen LogP contribution in [0.3, 0.4) is 0 Å². The third kappa shape index (κ3) is 3.88. The lowest BCUT2D eigenvalue weighted by atomic mass is 10.0. The predicted octanol–water partition coefficient (Wildman–Crippen LogP) is 5.38. The van der Waals surface area contributed by atoms with E-state index in [9.17, 15) is 0 Å². The smallest absolute Gasteiger partial charge is 0.174 e. The second-order valence-corrected chi connectivity index (χ2v) is 8.56. The molecule has 3 heterocycles. The summed E-state index contributed by atoms with van der Waals surface area (Å²) in [7, 11) is 3.32. The van der Waals surface area contributed by atoms with Crippen molar-refractivity contribution in [3.8, 4) is 17.2 Å². The zero-order valence-electron chi connectivity index (χ0n) is 19.3. The highest BCUT2D eigenvalue weighted by molar-refractivity contribution is 7.80. The molecule has 0 unspecified atom stereocenters. The summed E-state index contributed by atoms with van der Waals surface area (Å²) >= 11 is 5.90. The molecule has 7 heteroatoms. The van der Waals surface area contributed by atoms with E-state index in [2.05, 4.69) is 69.3 Å². The van der Waals surface area contributed by atoms with Crippen molar-refractivity contribution >= 4 is 23.0 Å². The van der Waals surface area contributed by atoms with Crippen molar-refractivity contribution in [3.05, 3.63) is 102 Å². The van der Waals surface area contributed by atoms with Crippen LogP contribution in [0, 0.1) is 6.92 Å². The maximum atomic E-state index is 5.90. The number of nitrogens with one attached hydrogen (secondary N) is 1. The highest BCUT2D eigenvalue weighted by Gasteiger charge is 2.43. The van der Waals surface area contributed by atoms with Crippen LogP contribution in [0.25, 0.3) is 5.69 Å². The number of thiocarbonyl (C=S) groups is 1. The molecular weight excluding hydrogens is 444 g/mol. The molecular formula is C27H26N4O2S. The molecule has 5 rings (SSSR count). The Kier molecular flexibility index (Phi) is 5.94. The first kappa shape index (κ1) is 22.0. The topological polar surface area (TPSA) is 51.6 Å². The van der Waals surface area contributed by atoms with Crippen molar-refractivity contribution in [3.63, 3.8) is 0 Å². The second-order valence-electron chi connectivity index (χ2n) is 8.18. The van der Waals surface area contributed by atoms with Crippen molar-refractivity contribution in [2.75, 3.05) is 19.1 Å². The number of benzene rings is 2. The summed E-state index contributed by atoms with van der Waals surface area (Å²) in [5.74, 6) is 1.44. The van der Waals surface area contributed by atoms with Gasteiger partial charge in [-0.3, -0.25) is 4.98 Å². The minimum atomic E-state index is -0.182. The first-order chi connectivity index (χ1) is 16.6. The number of nitrogens with zero attached hydrogens (tertiary/aromatic N) is 3. The molecule has 6 nitrogen and oxygen atoms in total. The number of rotatable bonds is 6. The van der Waals surface area contributed by atoms with Crippen molar-refractivity contribution < 1.29 is 9.47 Å². The molecule has 1 aliphatic rings. The van der Waals surface area contributed by atoms with Crippen LogP contribution in [0.2, 0.25) is 0 Å². The zero-order valence-corrected chi connectivity index (χ0v) is 20.1. The van der Waals surface area contributed by atoms with Crippen molar-refractivity contribution in [1.29, 1.82) is 0 Å². The Hall–Kier alpha value is -3.84. The van der Waals surface area contributed by atoms with Gasteiger partial charge in [0.1, 0.15) is 17.5 Å². The molecule has 4 aromatic rings. The van der Waals surface area contributed by atoms with E-state index in [0.717, 1.165) is 28.5 Å². The SMILES string of the molecule is COc1ccc(OC)c(N2C(=S)N[C@@H](c3ccccn3)[C@@H]2c2cccn2-c2cccc(C)c2)c1. The number of hydrogen-bond donors (Lipinski definition) is 1. The summed E-state index contributed by atoms with van der Waals surface area (Å²) < 4.78 is 13.5. The van der Waals surface area contributed by atoms with E-state index in [1.165, 1.54) is 5.56 Å². The quantitative estimate of drug-likeness (QED) is 0.382. The fourth-order valence-electron chi connectivity index (χ4n) is 4.55. The Balaban J connectivity index is 1.71. The van der Waals surface area contributed by atoms with Gasteiger partial charge in [-0.25, -0.2) is 0 Å². The average Bonchev–Trinajstić information content (AvgIpc) is 3.48. The minimum absolute atomic E-state index is 0.164. The first-order valence-electron chi connectivity index (χ1n) is 11.1. The Morgan fingerprint density at radius 3 is 2.56 bits per heavy atom. The van der Waals surface area contributed by atoms with Gasteiger partial charge in [0.2, 0.25) is 0 Å². The lowest BCUT2D eigenvalue weighted by Gasteiger charge is -2.30. The summed E-state index contributed by atoms with van der Waals surface area (Å²) in [5, 5.41) is 4.12. The summed E-state index contributed by atoms with van der Waals surface area (Å²) in [6, 6.07) is 24.0. The Morgan fingerprint density at radius 1 is 0.941 bits per heavy atom. The molecule has 1 saturated heterocycles. The molecule has 0 spiro atoms. The van der Waals surface area contributed by atoms with E-state index >= 15 is 0 Å². The molecule has 0 saturated carbocycles. The van der Waals surface area contributed by atoms with Gasteiger partial charge in [0.05, 0.1) is 31.6 Å². The van der Waals surface area contributed by atoms with E-state index < -0.39 is 0 Å². The molecule has 0 aliphatic carbocycles. The van der Waals surface area contributed by atoms with Gasteiger partial charge in [-0.15, -0.1) is 0 Å². The van der Waals surface area contributed by atoms with E-state index in [1.807, 2.05) is 42.6 Å². The number of pyridine rings is 1. The molecule has 1 N–H and O–H groups in total. The predicted molar refractivity (Wildman–Crippen MR) is 138 cm³/mol. The maximum absolute atomic E-state index is 5.90. The Bertz CT molecular complexity index is 1320. The summed E-state index contributed by atoms with van der Waals surface area (Å²) in [4.78, 5) is 6.77. The largest absolute Gasteiger partial charge is 0.497 e. The summed E-state index contributed by atoms with van der Waals surface area (Å²) in [6.07, 6.45) is 3.90. The first-order valence-corrected chi connectivity index (χ1v) is 11.5. The number of ether oxygens (including phenoxy) is 2. The number of aryl methyl sites for hydroxylation is 1. The average molecular weight is 471 g/mol. The van der Waals surface area contributed by atoms with Crippen molar-refractivity contribution in [2.45, 2.75) is 19.0 Å². The Labute approximate surface area is 204 Å². The van der Waals surface area contributed by atoms with Crippen LogP contribution in [0.5, 0.6) is 11.5 Å². The highest BCUT2D eigenvalue weighted by Crippen LogP contribution is 2.46. The molecule has 34 heavy (non-hydrogen) atoms. The van der Waals surface area contributed by atoms with Crippen LogP contribution in [0.1, 0.15) is 29.0 Å². The number of hydrogen-bond acceptors (Lipinski definition) is 4. The molecule has 0 radical (unpaired) electrons. The van der Waals surface area contributed by atoms with Crippen LogP contribution in [-0.4, -0.2) is 28.9 Å². The van der Waals surface area contributed by atoms with Gasteiger partial charge in [0.15, 0.2) is 5.11 Å². The van der Waals surface area contributed by atoms with Crippen molar-refractivity contribution in [1.82, 2.24) is 14.9 Å². The lowest BCUT2D eigenvalue weighted by Crippen LogP contribution is -2.30. The molecule has 0 bridgehead atoms. The maximum Gasteiger partial charge on any atom is 0.174 e. The second kappa shape index (κ2) is 9.19. The number of aromatic nitrogens is 2. The van der Waals surface area contributed by atoms with E-state index in [0.29, 0.717) is 10.9 Å². The molecule has 0 amide bonds. The fraction of sp³-hybridized carbons (Fsp3) is 0.185. The van der Waals surface area contributed by atoms with Crippen LogP contribution < -0.4 is 19.7 Å². The fourth-order valence-corrected chi connectivity index (χ4v) is 4.89. The monoisotopic (exact) mass is 470 g/mol. The van der Waals surface area contributed by atoms with Gasteiger partial charge in [-0.1, -0.05) is 18.2 Å². The van der Waals surface area contributed by atoms with E-state index in [-0.39, 0.29) is 12.1 Å². The molecule has 1 aliphatic heterocycles. The van der Waals surface area contributed by atoms with Gasteiger partial charge >= 0.3 is 0 Å². The Morgan fingerprint density at radius 2 is 1.82 bits per heavy atom. The molecule has 1 fully saturated rings. The normalized spacial score (nSPS) is 17.5. The third-order valence-corrected chi connectivity index (χ3v) is 6.42. The molecule has 2 atom stereocenters. The minimum Gasteiger partial charge on any atom is -0.497 e. The van der Waals surface area contributed by atoms with Gasteiger partial charge in [-0.2, -0.15) is 0 Å². The third-order valence-electron chi connectivity index (χ3n) is 6.11. The van der Waals surface area contributed by atoms with E-state index in [4.69, 9.17) is 21.7 Å². The van der Waals surface area contributed by atoms with Crippen molar-refractivity contribution in [2.24, 2.45) is 0 Å². The van der Waals surface area contributed by atoms with Crippen LogP contribution >= 0.6 is 12.2 Å². The zero-order chi connectivity index (χ0) is 23.7. The molecule has 2 aromatic heterocycles. The van der Waals surface area contributed by atoms with E-state index in [1.54, 1.807) is 14.2 Å². The van der Waals surface area contributed by atoms with Crippen LogP contribution in [0.4, 0.5) is 5.69 Å². The van der Waals surface area contributed by atoms with Gasteiger partial charge in [0, 0.05) is 29.8 Å². The van der Waals surface area contributed by atoms with Gasteiger partial charge in [-0.05, 0) is 73.2 Å². The van der Waals surface area contributed by atoms with Gasteiger partial charge in [0.25, 0.3) is 0 Å². The standard InChI is InChI=1S/C27H26N4O2S/c1-18-8-6-9-19(16-18)30-15-7-11-22(30)26-25(21-10-4-5-14-28-21)29-27(34)31(26)23-17-20(32-2)12-13-24(23)33-3/h4-17,25-26H,1-3H3,(H,29,34)/t25-,26-/m0/s1. The number of anilines is 1. The highest BCUT2D eigenvalue weighted by atomic mass is 32.1. The number of methoxy groups -OCH3 is 2. The summed E-state index contributed by atoms with van der Waals surface area (Å²) in [6.45, 7) is 2.10. The molecule has 172 valence electrons. The van der Waals surface area contributed by atoms with Crippen LogP contribution in [0.15, 0.2) is 85.2 Å². The van der Waals surface area contributed by atoms with Gasteiger partial charge < -0.3 is 24.3 Å². The lowest BCUT2D eigenvalue weighted by molar-refractivity contribution is 0.402. The molecule has 2 aromatic carbocycles.